The lowest BCUT2D eigenvalue weighted by molar-refractivity contribution is 0.174. The zero-order valence-corrected chi connectivity index (χ0v) is 11.3. The predicted octanol–water partition coefficient (Wildman–Crippen LogP) is 2.16. The van der Waals surface area contributed by atoms with Gasteiger partial charge in [0.1, 0.15) is 6.61 Å². The van der Waals surface area contributed by atoms with Crippen LogP contribution in [0.25, 0.3) is 0 Å². The molecule has 2 aromatic rings. The molecule has 5 nitrogen and oxygen atoms in total. The van der Waals surface area contributed by atoms with E-state index in [1.165, 1.54) is 0 Å². The smallest absolute Gasteiger partial charge is 0.231 e. The van der Waals surface area contributed by atoms with Crippen molar-refractivity contribution in [2.75, 3.05) is 6.79 Å². The molecular formula is C15H16N2O3. The number of aryl methyl sites for hydroxylation is 1. The minimum Gasteiger partial charge on any atom is -0.473 e. The van der Waals surface area contributed by atoms with E-state index in [9.17, 15) is 0 Å². The van der Waals surface area contributed by atoms with E-state index in [1.807, 2.05) is 37.3 Å². The molecule has 1 aromatic carbocycles. The van der Waals surface area contributed by atoms with Gasteiger partial charge >= 0.3 is 0 Å². The van der Waals surface area contributed by atoms with Crippen LogP contribution in [0.3, 0.4) is 0 Å². The standard InChI is InChI=1S/C15H16N2O3/c1-10-4-12(7-16)6-15(17-10)18-8-11-2-3-13-14(5-11)20-9-19-13/h2-6H,7-9,16H2,1H3. The average molecular weight is 272 g/mol. The Morgan fingerprint density at radius 2 is 2.00 bits per heavy atom. The summed E-state index contributed by atoms with van der Waals surface area (Å²) in [5.41, 5.74) is 8.56. The minimum atomic E-state index is 0.277. The molecule has 0 amide bonds. The van der Waals surface area contributed by atoms with Gasteiger partial charge in [-0.1, -0.05) is 6.07 Å². The maximum absolute atomic E-state index is 5.71. The summed E-state index contributed by atoms with van der Waals surface area (Å²) >= 11 is 0. The van der Waals surface area contributed by atoms with E-state index in [-0.39, 0.29) is 6.79 Å². The molecule has 5 heteroatoms. The van der Waals surface area contributed by atoms with Gasteiger partial charge in [-0.15, -0.1) is 0 Å². The second-order valence-electron chi connectivity index (χ2n) is 4.64. The molecule has 2 N–H and O–H groups in total. The first-order chi connectivity index (χ1) is 9.74. The summed E-state index contributed by atoms with van der Waals surface area (Å²) in [7, 11) is 0. The van der Waals surface area contributed by atoms with Crippen LogP contribution in [-0.4, -0.2) is 11.8 Å². The van der Waals surface area contributed by atoms with Crippen LogP contribution in [0.4, 0.5) is 0 Å². The molecule has 0 radical (unpaired) electrons. The Balaban J connectivity index is 1.71. The van der Waals surface area contributed by atoms with Crippen molar-refractivity contribution in [1.29, 1.82) is 0 Å². The number of nitrogens with two attached hydrogens (primary N) is 1. The number of hydrogen-bond donors (Lipinski definition) is 1. The fourth-order valence-corrected chi connectivity index (χ4v) is 2.09. The summed E-state index contributed by atoms with van der Waals surface area (Å²) in [5.74, 6) is 2.11. The topological polar surface area (TPSA) is 66.6 Å². The number of benzene rings is 1. The SMILES string of the molecule is Cc1cc(CN)cc(OCc2ccc3c(c2)OCO3)n1. The highest BCUT2D eigenvalue weighted by atomic mass is 16.7. The Morgan fingerprint density at radius 1 is 1.15 bits per heavy atom. The highest BCUT2D eigenvalue weighted by molar-refractivity contribution is 5.44. The van der Waals surface area contributed by atoms with Crippen LogP contribution < -0.4 is 19.9 Å². The van der Waals surface area contributed by atoms with E-state index in [2.05, 4.69) is 4.98 Å². The van der Waals surface area contributed by atoms with Gasteiger partial charge in [-0.25, -0.2) is 4.98 Å². The van der Waals surface area contributed by atoms with Gasteiger partial charge in [0.25, 0.3) is 0 Å². The summed E-state index contributed by atoms with van der Waals surface area (Å²) < 4.78 is 16.3. The summed E-state index contributed by atoms with van der Waals surface area (Å²) in [6, 6.07) is 9.57. The molecule has 1 aliphatic rings. The summed E-state index contributed by atoms with van der Waals surface area (Å²) in [6.07, 6.45) is 0. The first kappa shape index (κ1) is 12.7. The first-order valence-corrected chi connectivity index (χ1v) is 6.43. The molecule has 0 aliphatic carbocycles. The third kappa shape index (κ3) is 2.67. The maximum Gasteiger partial charge on any atom is 0.231 e. The van der Waals surface area contributed by atoms with Gasteiger partial charge in [0.2, 0.25) is 12.7 Å². The Morgan fingerprint density at radius 3 is 2.85 bits per heavy atom. The number of fused-ring (bicyclic) bond motifs is 1. The zero-order valence-electron chi connectivity index (χ0n) is 11.3. The quantitative estimate of drug-likeness (QED) is 0.923. The second-order valence-corrected chi connectivity index (χ2v) is 4.64. The third-order valence-electron chi connectivity index (χ3n) is 3.05. The molecule has 0 saturated heterocycles. The first-order valence-electron chi connectivity index (χ1n) is 6.43. The van der Waals surface area contributed by atoms with Crippen molar-refractivity contribution in [1.82, 2.24) is 4.98 Å². The molecule has 104 valence electrons. The van der Waals surface area contributed by atoms with Crippen LogP contribution in [0.2, 0.25) is 0 Å². The fourth-order valence-electron chi connectivity index (χ4n) is 2.09. The monoisotopic (exact) mass is 272 g/mol. The number of aromatic nitrogens is 1. The van der Waals surface area contributed by atoms with Gasteiger partial charge in [0.15, 0.2) is 11.5 Å². The van der Waals surface area contributed by atoms with E-state index in [0.29, 0.717) is 19.0 Å². The van der Waals surface area contributed by atoms with Crippen molar-refractivity contribution < 1.29 is 14.2 Å². The second kappa shape index (κ2) is 5.38. The van der Waals surface area contributed by atoms with Gasteiger partial charge in [-0.05, 0) is 36.2 Å². The Kier molecular flexibility index (Phi) is 3.43. The lowest BCUT2D eigenvalue weighted by atomic mass is 10.2. The van der Waals surface area contributed by atoms with Crippen LogP contribution in [0, 0.1) is 6.92 Å². The zero-order chi connectivity index (χ0) is 13.9. The average Bonchev–Trinajstić information content (AvgIpc) is 2.92. The lowest BCUT2D eigenvalue weighted by Gasteiger charge is -2.08. The van der Waals surface area contributed by atoms with Crippen molar-refractivity contribution in [3.05, 3.63) is 47.2 Å². The minimum absolute atomic E-state index is 0.277. The third-order valence-corrected chi connectivity index (χ3v) is 3.05. The molecule has 1 aromatic heterocycles. The summed E-state index contributed by atoms with van der Waals surface area (Å²) in [6.45, 7) is 3.10. The number of nitrogens with zero attached hydrogens (tertiary/aromatic N) is 1. The summed E-state index contributed by atoms with van der Waals surface area (Å²) in [5, 5.41) is 0. The van der Waals surface area contributed by atoms with Crippen molar-refractivity contribution in [2.24, 2.45) is 5.73 Å². The highest BCUT2D eigenvalue weighted by Gasteiger charge is 2.13. The molecule has 2 heterocycles. The Bertz CT molecular complexity index is 629. The van der Waals surface area contributed by atoms with Gasteiger partial charge in [-0.3, -0.25) is 0 Å². The lowest BCUT2D eigenvalue weighted by Crippen LogP contribution is -2.02. The van der Waals surface area contributed by atoms with Crippen LogP contribution >= 0.6 is 0 Å². The Labute approximate surface area is 117 Å². The maximum atomic E-state index is 5.71. The molecule has 0 bridgehead atoms. The molecule has 0 spiro atoms. The predicted molar refractivity (Wildman–Crippen MR) is 73.8 cm³/mol. The molecule has 20 heavy (non-hydrogen) atoms. The van der Waals surface area contributed by atoms with Crippen LogP contribution in [0.5, 0.6) is 17.4 Å². The van der Waals surface area contributed by atoms with Gasteiger partial charge in [0.05, 0.1) is 0 Å². The number of pyridine rings is 1. The van der Waals surface area contributed by atoms with E-state index in [0.717, 1.165) is 28.3 Å². The normalized spacial score (nSPS) is 12.5. The van der Waals surface area contributed by atoms with Gasteiger partial charge in [0, 0.05) is 18.3 Å². The van der Waals surface area contributed by atoms with Gasteiger partial charge < -0.3 is 19.9 Å². The largest absolute Gasteiger partial charge is 0.473 e. The molecule has 0 atom stereocenters. The van der Waals surface area contributed by atoms with Crippen molar-refractivity contribution in [3.63, 3.8) is 0 Å². The Hall–Kier alpha value is -2.27. The molecule has 0 saturated carbocycles. The van der Waals surface area contributed by atoms with E-state index >= 15 is 0 Å². The molecule has 3 rings (SSSR count). The highest BCUT2D eigenvalue weighted by Crippen LogP contribution is 2.32. The van der Waals surface area contributed by atoms with Crippen LogP contribution in [0.15, 0.2) is 30.3 Å². The van der Waals surface area contributed by atoms with E-state index in [1.54, 1.807) is 0 Å². The number of ether oxygens (including phenoxy) is 3. The van der Waals surface area contributed by atoms with Crippen LogP contribution in [-0.2, 0) is 13.2 Å². The molecule has 0 unspecified atom stereocenters. The summed E-state index contributed by atoms with van der Waals surface area (Å²) in [4.78, 5) is 4.34. The van der Waals surface area contributed by atoms with E-state index in [4.69, 9.17) is 19.9 Å². The van der Waals surface area contributed by atoms with Crippen molar-refractivity contribution >= 4 is 0 Å². The molecule has 0 fully saturated rings. The number of rotatable bonds is 4. The molecular weight excluding hydrogens is 256 g/mol. The van der Waals surface area contributed by atoms with Gasteiger partial charge in [-0.2, -0.15) is 0 Å². The molecule has 1 aliphatic heterocycles. The fraction of sp³-hybridized carbons (Fsp3) is 0.267. The number of hydrogen-bond acceptors (Lipinski definition) is 5. The van der Waals surface area contributed by atoms with Crippen molar-refractivity contribution in [2.45, 2.75) is 20.1 Å². The van der Waals surface area contributed by atoms with Crippen molar-refractivity contribution in [3.8, 4) is 17.4 Å². The van der Waals surface area contributed by atoms with E-state index < -0.39 is 0 Å². The van der Waals surface area contributed by atoms with Crippen LogP contribution in [0.1, 0.15) is 16.8 Å².